The minimum Gasteiger partial charge on any atom is -0.396 e. The average molecular weight is 255 g/mol. The maximum Gasteiger partial charge on any atom is 0.275 e. The summed E-state index contributed by atoms with van der Waals surface area (Å²) in [7, 11) is 0. The molecule has 0 unspecified atom stereocenters. The maximum atomic E-state index is 13.3. The fraction of sp³-hybridized carbons (Fsp3) is 0. The summed E-state index contributed by atoms with van der Waals surface area (Å²) in [5.74, 6) is -1.16. The highest BCUT2D eigenvalue weighted by Gasteiger charge is 2.13. The Labute approximate surface area is 101 Å². The van der Waals surface area contributed by atoms with Gasteiger partial charge in [0.15, 0.2) is 0 Å². The van der Waals surface area contributed by atoms with Gasteiger partial charge in [-0.25, -0.2) is 4.39 Å². The summed E-state index contributed by atoms with van der Waals surface area (Å²) in [6, 6.07) is 3.85. The summed E-state index contributed by atoms with van der Waals surface area (Å²) >= 11 is 5.69. The van der Waals surface area contributed by atoms with Crippen molar-refractivity contribution >= 4 is 28.9 Å². The van der Waals surface area contributed by atoms with Crippen molar-refractivity contribution in [2.75, 3.05) is 11.1 Å². The van der Waals surface area contributed by atoms with Crippen LogP contribution in [0.2, 0.25) is 5.02 Å². The second kappa shape index (κ2) is 4.42. The van der Waals surface area contributed by atoms with E-state index in [0.29, 0.717) is 5.02 Å². The van der Waals surface area contributed by atoms with Gasteiger partial charge in [0, 0.05) is 5.02 Å². The molecular formula is C10H8ClFN4O. The third-order valence-corrected chi connectivity index (χ3v) is 2.31. The molecule has 0 bridgehead atoms. The molecule has 0 saturated carbocycles. The first kappa shape index (κ1) is 11.4. The van der Waals surface area contributed by atoms with Crippen LogP contribution < -0.4 is 11.1 Å². The predicted molar refractivity (Wildman–Crippen MR) is 62.4 cm³/mol. The average Bonchev–Trinajstić information content (AvgIpc) is 2.70. The minimum atomic E-state index is -0.583. The molecule has 2 aromatic rings. The fourth-order valence-electron chi connectivity index (χ4n) is 1.26. The lowest BCUT2D eigenvalue weighted by Crippen LogP contribution is -2.15. The summed E-state index contributed by atoms with van der Waals surface area (Å²) in [4.78, 5) is 11.7. The Kier molecular flexibility index (Phi) is 2.97. The molecule has 0 atom stereocenters. The highest BCUT2D eigenvalue weighted by Crippen LogP contribution is 2.20. The van der Waals surface area contributed by atoms with Crippen LogP contribution in [0, 0.1) is 5.82 Å². The Morgan fingerprint density at radius 2 is 2.29 bits per heavy atom. The van der Waals surface area contributed by atoms with Crippen LogP contribution in [0.4, 0.5) is 15.8 Å². The zero-order valence-electron chi connectivity index (χ0n) is 8.50. The van der Waals surface area contributed by atoms with Gasteiger partial charge < -0.3 is 11.1 Å². The maximum absolute atomic E-state index is 13.3. The third-order valence-electron chi connectivity index (χ3n) is 2.07. The van der Waals surface area contributed by atoms with Crippen molar-refractivity contribution in [1.29, 1.82) is 0 Å². The summed E-state index contributed by atoms with van der Waals surface area (Å²) in [5.41, 5.74) is 5.73. The summed E-state index contributed by atoms with van der Waals surface area (Å²) in [6.45, 7) is 0. The Hall–Kier alpha value is -2.08. The molecule has 0 radical (unpaired) electrons. The van der Waals surface area contributed by atoms with Crippen molar-refractivity contribution in [3.8, 4) is 0 Å². The number of benzene rings is 1. The molecule has 0 aliphatic carbocycles. The van der Waals surface area contributed by atoms with E-state index < -0.39 is 11.7 Å². The lowest BCUT2D eigenvalue weighted by molar-refractivity contribution is 0.102. The highest BCUT2D eigenvalue weighted by molar-refractivity contribution is 6.31. The van der Waals surface area contributed by atoms with E-state index in [1.807, 2.05) is 0 Å². The number of hydrogen-bond donors (Lipinski definition) is 3. The van der Waals surface area contributed by atoms with Gasteiger partial charge in [-0.1, -0.05) is 11.6 Å². The van der Waals surface area contributed by atoms with Crippen LogP contribution in [-0.4, -0.2) is 16.1 Å². The van der Waals surface area contributed by atoms with E-state index in [4.69, 9.17) is 17.3 Å². The van der Waals surface area contributed by atoms with Crippen LogP contribution in [0.3, 0.4) is 0 Å². The number of carbonyl (C=O) groups is 1. The van der Waals surface area contributed by atoms with E-state index in [9.17, 15) is 9.18 Å². The third kappa shape index (κ3) is 2.36. The van der Waals surface area contributed by atoms with E-state index in [1.54, 1.807) is 0 Å². The normalized spacial score (nSPS) is 10.2. The number of carbonyl (C=O) groups excluding carboxylic acids is 1. The zero-order chi connectivity index (χ0) is 12.4. The molecule has 0 aliphatic rings. The van der Waals surface area contributed by atoms with E-state index in [1.165, 1.54) is 18.3 Å². The molecule has 4 N–H and O–H groups in total. The van der Waals surface area contributed by atoms with Gasteiger partial charge in [0.05, 0.1) is 17.6 Å². The molecule has 88 valence electrons. The number of nitrogen functional groups attached to an aromatic ring is 1. The standard InChI is InChI=1S/C10H8ClFN4O/c11-5-1-2-6(12)8(3-5)15-10(17)9-7(13)4-14-16-9/h1-4H,13H2,(H,14,16)(H,15,17). The van der Waals surface area contributed by atoms with Gasteiger partial charge in [0.25, 0.3) is 5.91 Å². The van der Waals surface area contributed by atoms with E-state index in [-0.39, 0.29) is 17.1 Å². The fourth-order valence-corrected chi connectivity index (χ4v) is 1.43. The van der Waals surface area contributed by atoms with Gasteiger partial charge in [0.2, 0.25) is 0 Å². The lowest BCUT2D eigenvalue weighted by Gasteiger charge is -2.05. The second-order valence-electron chi connectivity index (χ2n) is 3.28. The van der Waals surface area contributed by atoms with Crippen LogP contribution in [0.25, 0.3) is 0 Å². The van der Waals surface area contributed by atoms with Gasteiger partial charge >= 0.3 is 0 Å². The largest absolute Gasteiger partial charge is 0.396 e. The SMILES string of the molecule is Nc1cn[nH]c1C(=O)Nc1cc(Cl)ccc1F. The van der Waals surface area contributed by atoms with Crippen molar-refractivity contribution in [3.63, 3.8) is 0 Å². The summed E-state index contributed by atoms with van der Waals surface area (Å²) < 4.78 is 13.3. The first-order valence-corrected chi connectivity index (χ1v) is 5.01. The number of halogens is 2. The lowest BCUT2D eigenvalue weighted by atomic mass is 10.3. The molecule has 1 heterocycles. The van der Waals surface area contributed by atoms with Crippen LogP contribution in [-0.2, 0) is 0 Å². The van der Waals surface area contributed by atoms with Crippen LogP contribution in [0.15, 0.2) is 24.4 Å². The number of aromatic amines is 1. The zero-order valence-corrected chi connectivity index (χ0v) is 9.25. The van der Waals surface area contributed by atoms with Crippen molar-refractivity contribution in [3.05, 3.63) is 40.9 Å². The molecule has 17 heavy (non-hydrogen) atoms. The molecule has 5 nitrogen and oxygen atoms in total. The molecule has 2 rings (SSSR count). The first-order chi connectivity index (χ1) is 8.08. The molecule has 0 saturated heterocycles. The summed E-state index contributed by atoms with van der Waals surface area (Å²) in [5, 5.41) is 8.67. The van der Waals surface area contributed by atoms with Crippen LogP contribution in [0.1, 0.15) is 10.5 Å². The van der Waals surface area contributed by atoms with Gasteiger partial charge in [-0.05, 0) is 18.2 Å². The first-order valence-electron chi connectivity index (χ1n) is 4.63. The van der Waals surface area contributed by atoms with Gasteiger partial charge in [-0.3, -0.25) is 9.89 Å². The topological polar surface area (TPSA) is 83.8 Å². The van der Waals surface area contributed by atoms with Crippen molar-refractivity contribution in [2.24, 2.45) is 0 Å². The number of nitrogens with two attached hydrogens (primary N) is 1. The number of nitrogens with one attached hydrogen (secondary N) is 2. The van der Waals surface area contributed by atoms with Crippen LogP contribution >= 0.6 is 11.6 Å². The molecule has 7 heteroatoms. The van der Waals surface area contributed by atoms with Crippen molar-refractivity contribution in [2.45, 2.75) is 0 Å². The number of amides is 1. The van der Waals surface area contributed by atoms with E-state index in [0.717, 1.165) is 6.07 Å². The molecule has 1 amide bonds. The molecule has 1 aromatic carbocycles. The molecule has 0 spiro atoms. The molecular weight excluding hydrogens is 247 g/mol. The number of aromatic nitrogens is 2. The van der Waals surface area contributed by atoms with Gasteiger partial charge in [0.1, 0.15) is 11.5 Å². The quantitative estimate of drug-likeness (QED) is 0.767. The van der Waals surface area contributed by atoms with Crippen molar-refractivity contribution < 1.29 is 9.18 Å². The van der Waals surface area contributed by atoms with Gasteiger partial charge in [-0.15, -0.1) is 0 Å². The van der Waals surface area contributed by atoms with Crippen LogP contribution in [0.5, 0.6) is 0 Å². The van der Waals surface area contributed by atoms with E-state index >= 15 is 0 Å². The minimum absolute atomic E-state index is 0.0171. The van der Waals surface area contributed by atoms with Gasteiger partial charge in [-0.2, -0.15) is 5.10 Å². The molecule has 0 aliphatic heterocycles. The Morgan fingerprint density at radius 1 is 1.53 bits per heavy atom. The Bertz CT molecular complexity index is 569. The Morgan fingerprint density at radius 3 is 2.94 bits per heavy atom. The number of rotatable bonds is 2. The number of nitrogens with zero attached hydrogens (tertiary/aromatic N) is 1. The highest BCUT2D eigenvalue weighted by atomic mass is 35.5. The Balaban J connectivity index is 2.24. The molecule has 0 fully saturated rings. The van der Waals surface area contributed by atoms with Crippen molar-refractivity contribution in [1.82, 2.24) is 10.2 Å². The second-order valence-corrected chi connectivity index (χ2v) is 3.72. The molecule has 1 aromatic heterocycles. The number of hydrogen-bond acceptors (Lipinski definition) is 3. The smallest absolute Gasteiger partial charge is 0.275 e. The monoisotopic (exact) mass is 254 g/mol. The predicted octanol–water partition coefficient (Wildman–Crippen LogP) is 2.04. The summed E-state index contributed by atoms with van der Waals surface area (Å²) in [6.07, 6.45) is 1.29. The van der Waals surface area contributed by atoms with E-state index in [2.05, 4.69) is 15.5 Å². The number of H-pyrrole nitrogens is 1. The number of anilines is 2.